The molecule has 4 rings (SSSR count). The second-order valence-corrected chi connectivity index (χ2v) is 5.17. The van der Waals surface area contributed by atoms with Crippen molar-refractivity contribution in [2.45, 2.75) is 31.0 Å². The molecule has 0 bridgehead atoms. The molecule has 96 valence electrons. The van der Waals surface area contributed by atoms with Gasteiger partial charge in [0.25, 0.3) is 0 Å². The first-order valence-electron chi connectivity index (χ1n) is 6.41. The lowest BCUT2D eigenvalue weighted by Gasteiger charge is -2.33. The van der Waals surface area contributed by atoms with E-state index in [1.165, 1.54) is 0 Å². The van der Waals surface area contributed by atoms with Gasteiger partial charge in [0.2, 0.25) is 0 Å². The van der Waals surface area contributed by atoms with Crippen molar-refractivity contribution in [1.82, 2.24) is 0 Å². The van der Waals surface area contributed by atoms with Gasteiger partial charge in [-0.25, -0.2) is 0 Å². The van der Waals surface area contributed by atoms with E-state index in [0.717, 1.165) is 24.3 Å². The van der Waals surface area contributed by atoms with Gasteiger partial charge >= 0.3 is 0 Å². The van der Waals surface area contributed by atoms with Crippen molar-refractivity contribution in [3.63, 3.8) is 0 Å². The zero-order valence-electron chi connectivity index (χ0n) is 10.2. The molecule has 3 aliphatic rings. The fraction of sp³-hybridized carbons (Fsp3) is 0.571. The Hall–Kier alpha value is -1.10. The second kappa shape index (κ2) is 3.95. The maximum Gasteiger partial charge on any atom is 0.184 e. The molecule has 2 saturated heterocycles. The molecule has 2 aliphatic heterocycles. The van der Waals surface area contributed by atoms with Gasteiger partial charge in [-0.1, -0.05) is 12.1 Å². The Bertz CT molecular complexity index is 444. The molecule has 0 radical (unpaired) electrons. The highest BCUT2D eigenvalue weighted by atomic mass is 16.7. The molecule has 1 aromatic carbocycles. The first-order chi connectivity index (χ1) is 8.85. The quantitative estimate of drug-likeness (QED) is 0.749. The SMILES string of the molecule is COc1ccc([C@H]2OC[C@@H]3C[C@@H]4O[C@@H]4[C@@H]3O2)cc1. The molecule has 18 heavy (non-hydrogen) atoms. The smallest absolute Gasteiger partial charge is 0.184 e. The number of hydrogen-bond acceptors (Lipinski definition) is 4. The summed E-state index contributed by atoms with van der Waals surface area (Å²) < 4.78 is 22.5. The average Bonchev–Trinajstić information content (AvgIpc) is 3.11. The monoisotopic (exact) mass is 248 g/mol. The molecule has 1 aromatic rings. The topological polar surface area (TPSA) is 40.2 Å². The predicted octanol–water partition coefficient (Wildman–Crippen LogP) is 1.90. The molecule has 5 atom stereocenters. The van der Waals surface area contributed by atoms with E-state index in [1.54, 1.807) is 7.11 Å². The van der Waals surface area contributed by atoms with E-state index in [9.17, 15) is 0 Å². The van der Waals surface area contributed by atoms with Gasteiger partial charge in [-0.05, 0) is 18.6 Å². The minimum atomic E-state index is -0.264. The molecule has 0 amide bonds. The van der Waals surface area contributed by atoms with Crippen LogP contribution in [0, 0.1) is 5.92 Å². The van der Waals surface area contributed by atoms with Gasteiger partial charge in [0.1, 0.15) is 11.9 Å². The van der Waals surface area contributed by atoms with Gasteiger partial charge in [0, 0.05) is 11.5 Å². The van der Waals surface area contributed by atoms with Crippen molar-refractivity contribution in [3.8, 4) is 5.75 Å². The Morgan fingerprint density at radius 2 is 1.94 bits per heavy atom. The third-order valence-corrected chi connectivity index (χ3v) is 4.08. The van der Waals surface area contributed by atoms with Crippen LogP contribution in [0.5, 0.6) is 5.75 Å². The maximum atomic E-state index is 6.04. The normalized spacial score (nSPS) is 41.1. The molecular formula is C14H16O4. The van der Waals surface area contributed by atoms with E-state index in [2.05, 4.69) is 0 Å². The third kappa shape index (κ3) is 1.64. The highest BCUT2D eigenvalue weighted by Gasteiger charge is 2.58. The molecule has 4 nitrogen and oxygen atoms in total. The van der Waals surface area contributed by atoms with Crippen molar-refractivity contribution in [1.29, 1.82) is 0 Å². The van der Waals surface area contributed by atoms with E-state index in [0.29, 0.717) is 18.1 Å². The van der Waals surface area contributed by atoms with Crippen LogP contribution in [0.25, 0.3) is 0 Å². The van der Waals surface area contributed by atoms with Crippen LogP contribution < -0.4 is 4.74 Å². The summed E-state index contributed by atoms with van der Waals surface area (Å²) in [6, 6.07) is 7.84. The van der Waals surface area contributed by atoms with Crippen molar-refractivity contribution in [2.24, 2.45) is 5.92 Å². The second-order valence-electron chi connectivity index (χ2n) is 5.17. The van der Waals surface area contributed by atoms with Gasteiger partial charge in [-0.3, -0.25) is 0 Å². The van der Waals surface area contributed by atoms with Crippen LogP contribution in [0.3, 0.4) is 0 Å². The first-order valence-corrected chi connectivity index (χ1v) is 6.41. The summed E-state index contributed by atoms with van der Waals surface area (Å²) >= 11 is 0. The van der Waals surface area contributed by atoms with Crippen LogP contribution in [0.4, 0.5) is 0 Å². The summed E-state index contributed by atoms with van der Waals surface area (Å²) in [6.45, 7) is 0.776. The first kappa shape index (κ1) is 10.8. The van der Waals surface area contributed by atoms with Crippen molar-refractivity contribution < 1.29 is 18.9 Å². The number of ether oxygens (including phenoxy) is 4. The van der Waals surface area contributed by atoms with Crippen LogP contribution in [0.2, 0.25) is 0 Å². The highest BCUT2D eigenvalue weighted by molar-refractivity contribution is 5.28. The van der Waals surface area contributed by atoms with E-state index >= 15 is 0 Å². The number of fused-ring (bicyclic) bond motifs is 3. The standard InChI is InChI=1S/C14H16O4/c1-15-10-4-2-8(3-5-10)14-16-7-9-6-11-13(17-11)12(9)18-14/h2-5,9,11-14H,6-7H2,1H3/t9-,11-,12+,13-,14-/m0/s1. The third-order valence-electron chi connectivity index (χ3n) is 4.08. The molecule has 0 aromatic heterocycles. The number of hydrogen-bond donors (Lipinski definition) is 0. The minimum absolute atomic E-state index is 0.218. The van der Waals surface area contributed by atoms with Crippen LogP contribution >= 0.6 is 0 Å². The van der Waals surface area contributed by atoms with Gasteiger partial charge in [0.15, 0.2) is 6.29 Å². The van der Waals surface area contributed by atoms with E-state index in [-0.39, 0.29) is 12.4 Å². The minimum Gasteiger partial charge on any atom is -0.497 e. The summed E-state index contributed by atoms with van der Waals surface area (Å²) in [5.74, 6) is 1.36. The summed E-state index contributed by atoms with van der Waals surface area (Å²) in [6.07, 6.45) is 1.79. The Morgan fingerprint density at radius 1 is 1.11 bits per heavy atom. The Morgan fingerprint density at radius 3 is 2.72 bits per heavy atom. The molecular weight excluding hydrogens is 232 g/mol. The summed E-state index contributed by atoms with van der Waals surface area (Å²) in [4.78, 5) is 0. The summed E-state index contributed by atoms with van der Waals surface area (Å²) in [7, 11) is 1.66. The van der Waals surface area contributed by atoms with Gasteiger partial charge < -0.3 is 18.9 Å². The average molecular weight is 248 g/mol. The summed E-state index contributed by atoms with van der Waals surface area (Å²) in [5.41, 5.74) is 1.04. The van der Waals surface area contributed by atoms with E-state index in [4.69, 9.17) is 18.9 Å². The van der Waals surface area contributed by atoms with Crippen LogP contribution in [0.1, 0.15) is 18.3 Å². The lowest BCUT2D eigenvalue weighted by Crippen LogP contribution is -2.36. The van der Waals surface area contributed by atoms with Crippen molar-refractivity contribution in [2.75, 3.05) is 13.7 Å². The fourth-order valence-corrected chi connectivity index (χ4v) is 3.02. The van der Waals surface area contributed by atoms with Crippen LogP contribution in [-0.2, 0) is 14.2 Å². The van der Waals surface area contributed by atoms with Crippen molar-refractivity contribution >= 4 is 0 Å². The Balaban J connectivity index is 1.51. The Kier molecular flexibility index (Phi) is 2.37. The molecule has 4 heteroatoms. The number of methoxy groups -OCH3 is 1. The lowest BCUT2D eigenvalue weighted by molar-refractivity contribution is -0.243. The predicted molar refractivity (Wildman–Crippen MR) is 63.3 cm³/mol. The highest BCUT2D eigenvalue weighted by Crippen LogP contribution is 2.48. The maximum absolute atomic E-state index is 6.04. The van der Waals surface area contributed by atoms with Crippen LogP contribution in [-0.4, -0.2) is 32.0 Å². The van der Waals surface area contributed by atoms with E-state index in [1.807, 2.05) is 24.3 Å². The molecule has 2 heterocycles. The van der Waals surface area contributed by atoms with Crippen molar-refractivity contribution in [3.05, 3.63) is 29.8 Å². The fourth-order valence-electron chi connectivity index (χ4n) is 3.02. The number of epoxide rings is 1. The molecule has 0 spiro atoms. The van der Waals surface area contributed by atoms with Gasteiger partial charge in [-0.15, -0.1) is 0 Å². The van der Waals surface area contributed by atoms with Crippen LogP contribution in [0.15, 0.2) is 24.3 Å². The summed E-state index contributed by atoms with van der Waals surface area (Å²) in [5, 5.41) is 0. The zero-order chi connectivity index (χ0) is 12.1. The number of benzene rings is 1. The zero-order valence-corrected chi connectivity index (χ0v) is 10.2. The molecule has 3 fully saturated rings. The Labute approximate surface area is 106 Å². The molecule has 1 saturated carbocycles. The molecule has 1 aliphatic carbocycles. The number of rotatable bonds is 2. The lowest BCUT2D eigenvalue weighted by atomic mass is 10.0. The van der Waals surface area contributed by atoms with E-state index < -0.39 is 0 Å². The molecule has 0 unspecified atom stereocenters. The van der Waals surface area contributed by atoms with Gasteiger partial charge in [0.05, 0.1) is 25.9 Å². The van der Waals surface area contributed by atoms with Gasteiger partial charge in [-0.2, -0.15) is 0 Å². The molecule has 0 N–H and O–H groups in total. The largest absolute Gasteiger partial charge is 0.497 e.